The number of fused-ring (bicyclic) bond motifs is 5. The van der Waals surface area contributed by atoms with Crippen LogP contribution >= 0.6 is 0 Å². The maximum Gasteiger partial charge on any atom is 0.331 e. The van der Waals surface area contributed by atoms with Crippen molar-refractivity contribution in [2.45, 2.75) is 245 Å². The second kappa shape index (κ2) is 24.2. The molecule has 0 radical (unpaired) electrons. The molecule has 3 saturated carbocycles. The molecule has 1 aromatic rings. The smallest absolute Gasteiger partial charge is 0.331 e. The Hall–Kier alpha value is -2.59. The summed E-state index contributed by atoms with van der Waals surface area (Å²) >= 11 is 0. The summed E-state index contributed by atoms with van der Waals surface area (Å²) in [7, 11) is 6.12. The molecule has 446 valence electrons. The van der Waals surface area contributed by atoms with Gasteiger partial charge in [0, 0.05) is 59.7 Å². The molecule has 21 nitrogen and oxygen atoms in total. The van der Waals surface area contributed by atoms with Crippen LogP contribution in [-0.2, 0) is 66.4 Å². The zero-order valence-corrected chi connectivity index (χ0v) is 47.4. The fourth-order valence-electron chi connectivity index (χ4n) is 15.2. The van der Waals surface area contributed by atoms with Crippen molar-refractivity contribution in [1.29, 1.82) is 0 Å². The highest BCUT2D eigenvalue weighted by atomic mass is 16.8. The van der Waals surface area contributed by atoms with Crippen LogP contribution in [0.1, 0.15) is 111 Å². The summed E-state index contributed by atoms with van der Waals surface area (Å²) in [5, 5.41) is 80.7. The Labute approximate surface area is 463 Å². The number of hydrogen-bond acceptors (Lipinski definition) is 21. The summed E-state index contributed by atoms with van der Waals surface area (Å²) in [4.78, 5) is 13.6. The van der Waals surface area contributed by atoms with Crippen LogP contribution in [0.15, 0.2) is 48.1 Å². The molecule has 21 heteroatoms. The Morgan fingerprint density at radius 3 is 1.81 bits per heavy atom. The van der Waals surface area contributed by atoms with E-state index in [0.29, 0.717) is 32.1 Å². The average Bonchev–Trinajstić information content (AvgIpc) is 3.91. The molecule has 0 unspecified atom stereocenters. The maximum absolute atomic E-state index is 13.6. The molecule has 79 heavy (non-hydrogen) atoms. The molecule has 4 heterocycles. The molecule has 0 spiro atoms. The number of carbonyl (C=O) groups is 1. The van der Waals surface area contributed by atoms with E-state index in [4.69, 9.17) is 61.6 Å². The topological polar surface area (TPSA) is 279 Å². The summed E-state index contributed by atoms with van der Waals surface area (Å²) in [5.41, 5.74) is -5.88. The van der Waals surface area contributed by atoms with Gasteiger partial charge < -0.3 is 97.3 Å². The van der Waals surface area contributed by atoms with E-state index < -0.39 is 163 Å². The minimum atomic E-state index is -1.92. The lowest BCUT2D eigenvalue weighted by molar-refractivity contribution is -0.358. The summed E-state index contributed by atoms with van der Waals surface area (Å²) in [6, 6.07) is 9.32. The molecule has 4 saturated heterocycles. The highest BCUT2D eigenvalue weighted by Crippen LogP contribution is 2.71. The van der Waals surface area contributed by atoms with Crippen LogP contribution in [-0.4, -0.2) is 216 Å². The van der Waals surface area contributed by atoms with Crippen LogP contribution in [0.2, 0.25) is 0 Å². The quantitative estimate of drug-likeness (QED) is 0.0671. The largest absolute Gasteiger partial charge is 0.458 e. The van der Waals surface area contributed by atoms with Crippen LogP contribution < -0.4 is 0 Å². The summed E-state index contributed by atoms with van der Waals surface area (Å²) in [5.74, 6) is -1.22. The number of benzene rings is 1. The monoisotopic (exact) mass is 1120 g/mol. The average molecular weight is 1120 g/mol. The maximum atomic E-state index is 13.6. The van der Waals surface area contributed by atoms with Gasteiger partial charge in [0.05, 0.1) is 60.9 Å². The lowest BCUT2D eigenvalue weighted by Gasteiger charge is -2.67. The van der Waals surface area contributed by atoms with E-state index in [1.165, 1.54) is 20.1 Å². The van der Waals surface area contributed by atoms with Crippen LogP contribution in [0.5, 0.6) is 0 Å². The Bertz CT molecular complexity index is 2270. The molecule has 7 fully saturated rings. The van der Waals surface area contributed by atoms with Crippen LogP contribution in [0.25, 0.3) is 6.08 Å². The molecule has 8 aliphatic rings. The van der Waals surface area contributed by atoms with Gasteiger partial charge in [-0.3, -0.25) is 0 Å². The van der Waals surface area contributed by atoms with Gasteiger partial charge in [-0.1, -0.05) is 55.8 Å². The van der Waals surface area contributed by atoms with Crippen molar-refractivity contribution >= 4 is 12.0 Å². The number of esters is 1. The molecule has 0 bridgehead atoms. The molecule has 1 aromatic carbocycles. The SMILES string of the molecule is CO[C@H]1[C@@H](O)[C@H](O[C@@H]2[C@@H](C)O[C@@H](O[C@H]3[C@@H](OC)C[C@H](O[C@H]4[C@@H](OC)C[C@H](O[C@H]5CC[C@@]6(C)C(=CC[C@]7(O)[C@@H]6C[C@@H](OC(=O)/C=C\c6ccccc6)[C@@]6(C)[C@]7(O)CC[C@]6(O)[C@H](C)O)C5)O[C@@H]4C)O[C@@H]3C)C[C@H]2OC)O[C@H](CO)[C@H]1O. The fraction of sp³-hybridized carbons (Fsp3) is 0.810. The summed E-state index contributed by atoms with van der Waals surface area (Å²) in [6.07, 6.45) is -7.53. The van der Waals surface area contributed by atoms with E-state index in [0.717, 1.165) is 11.1 Å². The lowest BCUT2D eigenvalue weighted by atomic mass is 9.42. The van der Waals surface area contributed by atoms with Crippen LogP contribution in [0, 0.1) is 16.7 Å². The first-order valence-corrected chi connectivity index (χ1v) is 28.3. The number of hydrogen-bond donors (Lipinski definition) is 7. The molecule has 7 N–H and O–H groups in total. The lowest BCUT2D eigenvalue weighted by Crippen LogP contribution is -2.78. The second-order valence-electron chi connectivity index (χ2n) is 23.9. The Morgan fingerprint density at radius 2 is 1.28 bits per heavy atom. The number of carbonyl (C=O) groups excluding carboxylic acids is 1. The van der Waals surface area contributed by atoms with Crippen molar-refractivity contribution in [3.63, 3.8) is 0 Å². The second-order valence-corrected chi connectivity index (χ2v) is 23.9. The van der Waals surface area contributed by atoms with Crippen LogP contribution in [0.4, 0.5) is 0 Å². The van der Waals surface area contributed by atoms with Gasteiger partial charge in [-0.05, 0) is 89.7 Å². The molecule has 26 atom stereocenters. The minimum absolute atomic E-state index is 0.000911. The number of methoxy groups -OCH3 is 4. The number of rotatable bonds is 17. The summed E-state index contributed by atoms with van der Waals surface area (Å²) < 4.78 is 80.8. The third-order valence-corrected chi connectivity index (χ3v) is 19.9. The third-order valence-electron chi connectivity index (χ3n) is 19.9. The van der Waals surface area contributed by atoms with E-state index in [9.17, 15) is 40.5 Å². The highest BCUT2D eigenvalue weighted by molar-refractivity contribution is 5.87. The van der Waals surface area contributed by atoms with Crippen molar-refractivity contribution < 1.29 is 102 Å². The Morgan fingerprint density at radius 1 is 0.722 bits per heavy atom. The number of aliphatic hydroxyl groups is 7. The van der Waals surface area contributed by atoms with Crippen molar-refractivity contribution in [1.82, 2.24) is 0 Å². The highest BCUT2D eigenvalue weighted by Gasteiger charge is 2.81. The Kier molecular flexibility index (Phi) is 18.7. The van der Waals surface area contributed by atoms with Gasteiger partial charge >= 0.3 is 5.97 Å². The first kappa shape index (κ1) is 61.0. The van der Waals surface area contributed by atoms with Crippen molar-refractivity contribution in [2.24, 2.45) is 16.7 Å². The van der Waals surface area contributed by atoms with Crippen molar-refractivity contribution in [2.75, 3.05) is 35.0 Å². The van der Waals surface area contributed by atoms with E-state index in [-0.39, 0.29) is 38.2 Å². The molecular weight excluding hydrogens is 1030 g/mol. The molecular formula is C58H88O21. The third kappa shape index (κ3) is 11.0. The van der Waals surface area contributed by atoms with Gasteiger partial charge in [-0.25, -0.2) is 4.79 Å². The molecule has 9 rings (SSSR count). The first-order valence-electron chi connectivity index (χ1n) is 28.3. The van der Waals surface area contributed by atoms with E-state index >= 15 is 0 Å². The Balaban J connectivity index is 0.808. The van der Waals surface area contributed by atoms with Gasteiger partial charge in [0.15, 0.2) is 25.2 Å². The van der Waals surface area contributed by atoms with Gasteiger partial charge in [-0.15, -0.1) is 0 Å². The zero-order valence-electron chi connectivity index (χ0n) is 47.4. The van der Waals surface area contributed by atoms with Gasteiger partial charge in [-0.2, -0.15) is 0 Å². The van der Waals surface area contributed by atoms with Gasteiger partial charge in [0.2, 0.25) is 0 Å². The number of aliphatic hydroxyl groups excluding tert-OH is 4. The van der Waals surface area contributed by atoms with Gasteiger partial charge in [0.1, 0.15) is 65.6 Å². The van der Waals surface area contributed by atoms with E-state index in [2.05, 4.69) is 6.92 Å². The fourth-order valence-corrected chi connectivity index (χ4v) is 15.2. The predicted octanol–water partition coefficient (Wildman–Crippen LogP) is 2.97. The molecule has 0 aromatic heterocycles. The standard InChI is InChI=1S/C58H88O21/c1-30-49(77-45-26-38(68-8)50(31(2)72-45)78-46-27-39(69-9)51(32(3)73-46)79-53-48(63)52(70-10)47(62)40(29-59)75-53)37(67-7)25-44(71-30)74-36-19-20-54(5)35(24-36)18-21-57(65)41(54)28-42(76-43(61)17-16-34-14-12-11-13-15-34)55(6)56(64,33(4)60)22-23-58(55,57)66/h11-18,30-33,36-42,44-53,59-60,62-66H,19-29H2,1-10H3/b17-16-/t30-,31-,32-,33+,36+,37+,38+,39-,40-,41-,42-,44+,45+,46+,47-,48-,49-,50-,51-,52-,53+,54+,55-,56+,57+,58-/m1/s1. The van der Waals surface area contributed by atoms with Crippen molar-refractivity contribution in [3.8, 4) is 0 Å². The van der Waals surface area contributed by atoms with Crippen molar-refractivity contribution in [3.05, 3.63) is 53.6 Å². The zero-order chi connectivity index (χ0) is 57.0. The van der Waals surface area contributed by atoms with Crippen LogP contribution in [0.3, 0.4) is 0 Å². The van der Waals surface area contributed by atoms with E-state index in [1.54, 1.807) is 41.3 Å². The normalized spacial score (nSPS) is 48.6. The molecule has 0 amide bonds. The minimum Gasteiger partial charge on any atom is -0.458 e. The molecule has 4 aliphatic heterocycles. The number of ether oxygens (including phenoxy) is 13. The predicted molar refractivity (Wildman–Crippen MR) is 279 cm³/mol. The van der Waals surface area contributed by atoms with Gasteiger partial charge in [0.25, 0.3) is 0 Å². The first-order chi connectivity index (χ1) is 37.5. The van der Waals surface area contributed by atoms with E-state index in [1.807, 2.05) is 50.3 Å². The molecule has 4 aliphatic carbocycles. The summed E-state index contributed by atoms with van der Waals surface area (Å²) in [6.45, 7) is 10.3.